The molecule has 20 heteroatoms. The molecule has 3 aromatic heterocycles. The molecular weight excluding hydrogens is 1260 g/mol. The number of allylic oxidation sites excluding steroid dienone is 1. The van der Waals surface area contributed by atoms with Crippen molar-refractivity contribution in [1.82, 2.24) is 15.0 Å². The van der Waals surface area contributed by atoms with Gasteiger partial charge in [0, 0.05) is 76.5 Å². The Labute approximate surface area is 571 Å². The molecule has 3 aliphatic carbocycles. The van der Waals surface area contributed by atoms with Gasteiger partial charge in [0.15, 0.2) is 40.4 Å². The van der Waals surface area contributed by atoms with Gasteiger partial charge in [0.2, 0.25) is 5.58 Å². The summed E-state index contributed by atoms with van der Waals surface area (Å²) < 4.78 is 51.8. The van der Waals surface area contributed by atoms with Crippen LogP contribution in [0.1, 0.15) is 129 Å². The average molecular weight is 1340 g/mol. The Balaban J connectivity index is 0.000000133. The highest BCUT2D eigenvalue weighted by molar-refractivity contribution is 7.85. The number of benzene rings is 7. The Morgan fingerprint density at radius 3 is 1.86 bits per heavy atom. The van der Waals surface area contributed by atoms with Crippen molar-refractivity contribution >= 4 is 55.8 Å². The smallest absolute Gasteiger partial charge is 0.313 e. The quantitative estimate of drug-likeness (QED) is 0.0342. The highest BCUT2D eigenvalue weighted by atomic mass is 32.2. The van der Waals surface area contributed by atoms with Crippen LogP contribution in [-0.4, -0.2) is 85.3 Å². The Morgan fingerprint density at radius 1 is 0.622 bits per heavy atom. The van der Waals surface area contributed by atoms with Gasteiger partial charge in [-0.1, -0.05) is 42.5 Å². The van der Waals surface area contributed by atoms with Gasteiger partial charge in [0.1, 0.15) is 11.3 Å². The second-order valence-electron chi connectivity index (χ2n) is 24.6. The minimum absolute atomic E-state index is 0.0751. The number of nitro groups is 2. The molecule has 2 atom stereocenters. The predicted molar refractivity (Wildman–Crippen MR) is 379 cm³/mol. The van der Waals surface area contributed by atoms with E-state index in [0.29, 0.717) is 58.4 Å². The number of pyridine rings is 2. The summed E-state index contributed by atoms with van der Waals surface area (Å²) in [6.07, 6.45) is 23.9. The molecule has 98 heavy (non-hydrogen) atoms. The van der Waals surface area contributed by atoms with E-state index in [-0.39, 0.29) is 39.8 Å². The van der Waals surface area contributed by atoms with Gasteiger partial charge in [-0.3, -0.25) is 34.4 Å². The summed E-state index contributed by atoms with van der Waals surface area (Å²) in [6, 6.07) is 49.9. The standard InChI is InChI=1S/C21H15N3O2.C21H21NO3.C20H20N2O5.C16H22O3S/c25-24(26)19-5-1-3-17(14-19)20-13-16(11-15-6-9-22-10-7-15)12-18-4-2-8-23-21(18)20;1-24-20-11-6-15(13-21(20)25-19-4-2-3-5-19)12-17(14-22)16-7-9-18(23)10-8-16;1-25-17-10-9-13(11-18(17)26-14-5-2-3-6-14)12-19-21-15-7-4-8-16(22(23)24)20(15)27-19;1-18-15-7-6-12(13-8-9-20(17)11-13)10-16(15)19-14-4-2-3-5-14/h1-10,12-14H,11H2;6-13,19,23H,2-5H2,1H3;4,7-11,14H,2-3,5-6,12H2,1H3;6-7,10,13-14H,2-5,8-9,11H2,1H3/b;17-12+;;/t;;;13-,20-/m...1/s1. The number of methoxy groups -OCH3 is 3. The highest BCUT2D eigenvalue weighted by Gasteiger charge is 2.27. The molecule has 4 heterocycles. The number of oxazole rings is 1. The van der Waals surface area contributed by atoms with Crippen molar-refractivity contribution in [2.24, 2.45) is 0 Å². The number of phenols is 1. The minimum atomic E-state index is -0.643. The van der Waals surface area contributed by atoms with Crippen LogP contribution in [0.15, 0.2) is 181 Å². The topological polar surface area (TPSA) is 255 Å². The third-order valence-corrected chi connectivity index (χ3v) is 19.3. The second kappa shape index (κ2) is 33.3. The van der Waals surface area contributed by atoms with Gasteiger partial charge in [0.05, 0.1) is 66.6 Å². The van der Waals surface area contributed by atoms with Crippen molar-refractivity contribution in [1.29, 1.82) is 5.26 Å². The van der Waals surface area contributed by atoms with Crippen LogP contribution in [0.25, 0.3) is 44.8 Å². The largest absolute Gasteiger partial charge is 0.508 e. The molecule has 0 spiro atoms. The van der Waals surface area contributed by atoms with Crippen molar-refractivity contribution in [3.63, 3.8) is 0 Å². The molecule has 14 rings (SSSR count). The molecule has 0 radical (unpaired) electrons. The van der Waals surface area contributed by atoms with Gasteiger partial charge in [-0.25, -0.2) is 4.98 Å². The maximum Gasteiger partial charge on any atom is 0.313 e. The summed E-state index contributed by atoms with van der Waals surface area (Å²) in [5, 5.41) is 42.2. The summed E-state index contributed by atoms with van der Waals surface area (Å²) in [4.78, 5) is 34.4. The zero-order valence-electron chi connectivity index (χ0n) is 55.1. The van der Waals surface area contributed by atoms with E-state index in [1.165, 1.54) is 56.2 Å². The van der Waals surface area contributed by atoms with E-state index in [2.05, 4.69) is 45.3 Å². The molecule has 4 fully saturated rings. The number of para-hydroxylation sites is 1. The summed E-state index contributed by atoms with van der Waals surface area (Å²) >= 11 is 0. The van der Waals surface area contributed by atoms with E-state index in [4.69, 9.17) is 32.8 Å². The molecule has 10 aromatic rings. The van der Waals surface area contributed by atoms with Crippen LogP contribution in [0.5, 0.6) is 40.2 Å². The molecule has 4 aliphatic rings. The molecule has 0 amide bonds. The van der Waals surface area contributed by atoms with Gasteiger partial charge in [0.25, 0.3) is 5.69 Å². The lowest BCUT2D eigenvalue weighted by molar-refractivity contribution is -0.384. The van der Waals surface area contributed by atoms with Gasteiger partial charge in [-0.05, 0) is 238 Å². The lowest BCUT2D eigenvalue weighted by atomic mass is 9.96. The van der Waals surface area contributed by atoms with Gasteiger partial charge in [-0.2, -0.15) is 5.26 Å². The van der Waals surface area contributed by atoms with E-state index >= 15 is 0 Å². The van der Waals surface area contributed by atoms with Crippen LogP contribution >= 0.6 is 0 Å². The van der Waals surface area contributed by atoms with Crippen molar-refractivity contribution in [3.8, 4) is 57.4 Å². The molecule has 0 bridgehead atoms. The number of aromatic nitrogens is 3. The highest BCUT2D eigenvalue weighted by Crippen LogP contribution is 2.39. The first-order valence-electron chi connectivity index (χ1n) is 33.1. The summed E-state index contributed by atoms with van der Waals surface area (Å²) in [6.45, 7) is 0. The maximum atomic E-state index is 11.6. The summed E-state index contributed by atoms with van der Waals surface area (Å²) in [7, 11) is 4.29. The van der Waals surface area contributed by atoms with Crippen molar-refractivity contribution in [2.75, 3.05) is 32.8 Å². The number of nitriles is 1. The molecule has 1 saturated heterocycles. The normalized spacial score (nSPS) is 16.2. The van der Waals surface area contributed by atoms with Crippen LogP contribution in [0.4, 0.5) is 11.4 Å². The molecule has 1 N–H and O–H groups in total. The van der Waals surface area contributed by atoms with Crippen molar-refractivity contribution < 1.29 is 52.0 Å². The van der Waals surface area contributed by atoms with Crippen LogP contribution in [0, 0.1) is 31.6 Å². The fraction of sp³-hybridized carbons (Fsp3) is 0.308. The van der Waals surface area contributed by atoms with Gasteiger partial charge < -0.3 is 37.9 Å². The van der Waals surface area contributed by atoms with Gasteiger partial charge in [-0.15, -0.1) is 0 Å². The number of non-ortho nitro benzene ring substituents is 2. The number of hydrogen-bond acceptors (Lipinski definition) is 17. The third-order valence-electron chi connectivity index (χ3n) is 17.8. The number of rotatable bonds is 19. The molecule has 7 aromatic carbocycles. The van der Waals surface area contributed by atoms with E-state index < -0.39 is 15.7 Å². The first-order valence-corrected chi connectivity index (χ1v) is 34.6. The monoisotopic (exact) mass is 1340 g/mol. The predicted octanol–water partition coefficient (Wildman–Crippen LogP) is 17.5. The zero-order valence-corrected chi connectivity index (χ0v) is 55.9. The van der Waals surface area contributed by atoms with E-state index in [0.717, 1.165) is 124 Å². The zero-order chi connectivity index (χ0) is 68.3. The van der Waals surface area contributed by atoms with Crippen molar-refractivity contribution in [2.45, 2.75) is 121 Å². The van der Waals surface area contributed by atoms with E-state index in [1.54, 1.807) is 88.5 Å². The van der Waals surface area contributed by atoms with Crippen LogP contribution in [-0.2, 0) is 23.6 Å². The Hall–Kier alpha value is -10.7. The lowest BCUT2D eigenvalue weighted by Crippen LogP contribution is -2.12. The second-order valence-corrected chi connectivity index (χ2v) is 26.2. The number of nitrogens with zero attached hydrogens (tertiary/aromatic N) is 6. The number of aromatic hydroxyl groups is 1. The fourth-order valence-electron chi connectivity index (χ4n) is 12.8. The Bertz CT molecular complexity index is 4480. The molecular formula is C78H78N6O13S. The Morgan fingerprint density at radius 2 is 1.24 bits per heavy atom. The Kier molecular flexibility index (Phi) is 23.4. The number of ether oxygens (including phenoxy) is 6. The fourth-order valence-corrected chi connectivity index (χ4v) is 14.3. The molecule has 0 unspecified atom stereocenters. The van der Waals surface area contributed by atoms with Crippen LogP contribution in [0.2, 0.25) is 0 Å². The number of nitro benzene ring substituents is 2. The lowest BCUT2D eigenvalue weighted by Gasteiger charge is -2.18. The summed E-state index contributed by atoms with van der Waals surface area (Å²) in [5.41, 5.74) is 9.83. The summed E-state index contributed by atoms with van der Waals surface area (Å²) in [5.74, 6) is 7.11. The first kappa shape index (κ1) is 68.7. The van der Waals surface area contributed by atoms with Gasteiger partial charge >= 0.3 is 5.69 Å². The SMILES string of the molecule is COc1ccc(/C=C(\C#N)c2ccc(O)cc2)cc1OC1CCCC1.COc1ccc(Cc2nc3cccc([N+](=O)[O-])c3o2)cc1OC1CCCC1.COc1ccc([C@@H]2CC[S@@](=O)C2)cc1OC1CCCC1.O=[N+]([O-])c1cccc(-c2cc(Cc3ccncc3)cc3cccnc23)c1. The minimum Gasteiger partial charge on any atom is -0.508 e. The van der Waals surface area contributed by atoms with Crippen molar-refractivity contribution in [3.05, 3.63) is 236 Å². The van der Waals surface area contributed by atoms with Crippen LogP contribution in [0.3, 0.4) is 0 Å². The molecule has 19 nitrogen and oxygen atoms in total. The van der Waals surface area contributed by atoms with E-state index in [1.807, 2.05) is 78.9 Å². The number of phenolic OH excluding ortho intramolecular Hbond substituents is 1. The first-order chi connectivity index (χ1) is 47.8. The average Bonchev–Trinajstić information content (AvgIpc) is 1.12. The molecule has 1 aliphatic heterocycles. The maximum absolute atomic E-state index is 11.6. The van der Waals surface area contributed by atoms with E-state index in [9.17, 15) is 34.8 Å². The van der Waals surface area contributed by atoms with Crippen LogP contribution < -0.4 is 28.4 Å². The number of hydrogen-bond donors (Lipinski definition) is 1. The number of fused-ring (bicyclic) bond motifs is 2. The third kappa shape index (κ3) is 18.1. The molecule has 3 saturated carbocycles. The molecule has 504 valence electrons.